The van der Waals surface area contributed by atoms with Gasteiger partial charge in [-0.2, -0.15) is 0 Å². The summed E-state index contributed by atoms with van der Waals surface area (Å²) in [6.45, 7) is 0.222. The molecule has 0 radical (unpaired) electrons. The van der Waals surface area contributed by atoms with E-state index in [2.05, 4.69) is 0 Å². The van der Waals surface area contributed by atoms with Crippen molar-refractivity contribution in [3.63, 3.8) is 0 Å². The lowest BCUT2D eigenvalue weighted by atomic mass is 10.2. The number of hydrogen-bond donors (Lipinski definition) is 1. The normalized spacial score (nSPS) is 10.2. The molecule has 2 N–H and O–H groups in total. The maximum atomic E-state index is 13.2. The van der Waals surface area contributed by atoms with Crippen LogP contribution in [0.2, 0.25) is 0 Å². The van der Waals surface area contributed by atoms with E-state index in [0.717, 1.165) is 18.2 Å². The van der Waals surface area contributed by atoms with Crippen LogP contribution >= 0.6 is 0 Å². The van der Waals surface area contributed by atoms with Crippen LogP contribution in [-0.4, -0.2) is 4.92 Å². The first-order chi connectivity index (χ1) is 9.11. The van der Waals surface area contributed by atoms with Crippen molar-refractivity contribution in [1.82, 2.24) is 0 Å². The highest BCUT2D eigenvalue weighted by molar-refractivity contribution is 5.49. The van der Waals surface area contributed by atoms with Gasteiger partial charge in [-0.1, -0.05) is 18.2 Å². The first kappa shape index (κ1) is 13.0. The van der Waals surface area contributed by atoms with Crippen LogP contribution in [0.4, 0.5) is 10.1 Å². The van der Waals surface area contributed by atoms with E-state index < -0.39 is 10.7 Å². The highest BCUT2D eigenvalue weighted by atomic mass is 19.1. The number of nitro benzene ring substituents is 1. The first-order valence-electron chi connectivity index (χ1n) is 5.51. The standard InChI is InChI=1S/C13H11FN2O3/c14-10-5-6-11(16(17)18)13(7-10)19-12-4-2-1-3-9(12)8-15/h1-7H,8,15H2. The van der Waals surface area contributed by atoms with E-state index in [9.17, 15) is 14.5 Å². The smallest absolute Gasteiger partial charge is 0.311 e. The summed E-state index contributed by atoms with van der Waals surface area (Å²) in [5.41, 5.74) is 5.93. The molecule has 0 atom stereocenters. The molecule has 98 valence electrons. The number of benzene rings is 2. The second-order valence-corrected chi connectivity index (χ2v) is 3.78. The van der Waals surface area contributed by atoms with Gasteiger partial charge in [0.1, 0.15) is 11.6 Å². The Bertz CT molecular complexity index is 617. The van der Waals surface area contributed by atoms with E-state index in [0.29, 0.717) is 11.3 Å². The van der Waals surface area contributed by atoms with Crippen LogP contribution in [0.5, 0.6) is 11.5 Å². The SMILES string of the molecule is NCc1ccccc1Oc1cc(F)ccc1[N+](=O)[O-]. The van der Waals surface area contributed by atoms with Crippen molar-refractivity contribution in [2.75, 3.05) is 0 Å². The fourth-order valence-corrected chi connectivity index (χ4v) is 1.61. The molecule has 0 aliphatic rings. The number of rotatable bonds is 4. The minimum absolute atomic E-state index is 0.147. The van der Waals surface area contributed by atoms with Crippen LogP contribution in [0.1, 0.15) is 5.56 Å². The van der Waals surface area contributed by atoms with E-state index in [1.165, 1.54) is 0 Å². The van der Waals surface area contributed by atoms with Gasteiger partial charge in [-0.3, -0.25) is 10.1 Å². The third-order valence-corrected chi connectivity index (χ3v) is 2.53. The summed E-state index contributed by atoms with van der Waals surface area (Å²) in [4.78, 5) is 10.2. The van der Waals surface area contributed by atoms with E-state index in [1.54, 1.807) is 24.3 Å². The van der Waals surface area contributed by atoms with Crippen LogP contribution < -0.4 is 10.5 Å². The zero-order chi connectivity index (χ0) is 13.8. The first-order valence-corrected chi connectivity index (χ1v) is 5.51. The number of nitrogens with zero attached hydrogens (tertiary/aromatic N) is 1. The number of hydrogen-bond acceptors (Lipinski definition) is 4. The molecule has 5 nitrogen and oxygen atoms in total. The summed E-state index contributed by atoms with van der Waals surface area (Å²) in [5.74, 6) is -0.379. The minimum atomic E-state index is -0.625. The molecule has 0 saturated heterocycles. The van der Waals surface area contributed by atoms with Gasteiger partial charge >= 0.3 is 5.69 Å². The maximum Gasteiger partial charge on any atom is 0.311 e. The van der Waals surface area contributed by atoms with Crippen molar-refractivity contribution in [1.29, 1.82) is 0 Å². The Hall–Kier alpha value is -2.47. The number of nitrogens with two attached hydrogens (primary N) is 1. The molecular weight excluding hydrogens is 251 g/mol. The highest BCUT2D eigenvalue weighted by Crippen LogP contribution is 2.33. The fourth-order valence-electron chi connectivity index (χ4n) is 1.61. The molecule has 0 unspecified atom stereocenters. The summed E-state index contributed by atoms with van der Waals surface area (Å²) in [6, 6.07) is 9.90. The van der Waals surface area contributed by atoms with Crippen molar-refractivity contribution in [3.05, 3.63) is 64.0 Å². The van der Waals surface area contributed by atoms with Gasteiger partial charge in [0, 0.05) is 24.2 Å². The van der Waals surface area contributed by atoms with Crippen LogP contribution in [0.15, 0.2) is 42.5 Å². The lowest BCUT2D eigenvalue weighted by molar-refractivity contribution is -0.385. The van der Waals surface area contributed by atoms with Crippen LogP contribution in [0, 0.1) is 15.9 Å². The Balaban J connectivity index is 2.42. The molecule has 0 heterocycles. The lowest BCUT2D eigenvalue weighted by Gasteiger charge is -2.09. The number of nitro groups is 1. The summed E-state index contributed by atoms with van der Waals surface area (Å²) >= 11 is 0. The Kier molecular flexibility index (Phi) is 3.72. The summed E-state index contributed by atoms with van der Waals surface area (Å²) in [6.07, 6.45) is 0. The Labute approximate surface area is 108 Å². The van der Waals surface area contributed by atoms with Crippen molar-refractivity contribution in [2.24, 2.45) is 5.73 Å². The lowest BCUT2D eigenvalue weighted by Crippen LogP contribution is -2.00. The van der Waals surface area contributed by atoms with E-state index in [-0.39, 0.29) is 18.0 Å². The molecule has 0 bridgehead atoms. The van der Waals surface area contributed by atoms with E-state index in [1.807, 2.05) is 0 Å². The van der Waals surface area contributed by atoms with E-state index >= 15 is 0 Å². The average molecular weight is 262 g/mol. The summed E-state index contributed by atoms with van der Waals surface area (Å²) in [5, 5.41) is 10.9. The molecule has 0 saturated carbocycles. The average Bonchev–Trinajstić information content (AvgIpc) is 2.39. The number of halogens is 1. The zero-order valence-corrected chi connectivity index (χ0v) is 9.88. The van der Waals surface area contributed by atoms with Gasteiger partial charge in [-0.05, 0) is 12.1 Å². The zero-order valence-electron chi connectivity index (χ0n) is 9.88. The van der Waals surface area contributed by atoms with E-state index in [4.69, 9.17) is 10.5 Å². The molecule has 0 amide bonds. The van der Waals surface area contributed by atoms with Crippen molar-refractivity contribution >= 4 is 5.69 Å². The van der Waals surface area contributed by atoms with Crippen molar-refractivity contribution in [3.8, 4) is 11.5 Å². The summed E-state index contributed by atoms with van der Waals surface area (Å²) in [7, 11) is 0. The van der Waals surface area contributed by atoms with Gasteiger partial charge in [0.25, 0.3) is 0 Å². The molecule has 2 rings (SSSR count). The van der Waals surface area contributed by atoms with Gasteiger partial charge < -0.3 is 10.5 Å². The molecule has 0 fully saturated rings. The molecule has 0 aliphatic carbocycles. The third kappa shape index (κ3) is 2.86. The van der Waals surface area contributed by atoms with Gasteiger partial charge in [-0.25, -0.2) is 4.39 Å². The molecule has 0 aromatic heterocycles. The number of ether oxygens (including phenoxy) is 1. The molecule has 0 spiro atoms. The Morgan fingerprint density at radius 2 is 1.95 bits per heavy atom. The number of para-hydroxylation sites is 1. The van der Waals surface area contributed by atoms with Crippen LogP contribution in [0.25, 0.3) is 0 Å². The molecule has 0 aliphatic heterocycles. The molecule has 19 heavy (non-hydrogen) atoms. The van der Waals surface area contributed by atoms with Gasteiger partial charge in [-0.15, -0.1) is 0 Å². The second kappa shape index (κ2) is 5.45. The fraction of sp³-hybridized carbons (Fsp3) is 0.0769. The van der Waals surface area contributed by atoms with Crippen molar-refractivity contribution in [2.45, 2.75) is 6.54 Å². The van der Waals surface area contributed by atoms with Crippen LogP contribution in [0.3, 0.4) is 0 Å². The third-order valence-electron chi connectivity index (χ3n) is 2.53. The Morgan fingerprint density at radius 3 is 2.63 bits per heavy atom. The summed E-state index contributed by atoms with van der Waals surface area (Å²) < 4.78 is 18.6. The minimum Gasteiger partial charge on any atom is -0.450 e. The molecular formula is C13H11FN2O3. The maximum absolute atomic E-state index is 13.2. The van der Waals surface area contributed by atoms with Gasteiger partial charge in [0.05, 0.1) is 4.92 Å². The predicted octanol–water partition coefficient (Wildman–Crippen LogP) is 2.98. The molecule has 6 heteroatoms. The van der Waals surface area contributed by atoms with Crippen LogP contribution in [-0.2, 0) is 6.54 Å². The molecule has 2 aromatic carbocycles. The monoisotopic (exact) mass is 262 g/mol. The highest BCUT2D eigenvalue weighted by Gasteiger charge is 2.17. The second-order valence-electron chi connectivity index (χ2n) is 3.78. The quantitative estimate of drug-likeness (QED) is 0.678. The van der Waals surface area contributed by atoms with Gasteiger partial charge in [0.2, 0.25) is 5.75 Å². The van der Waals surface area contributed by atoms with Crippen molar-refractivity contribution < 1.29 is 14.1 Å². The molecule has 2 aromatic rings. The topological polar surface area (TPSA) is 78.4 Å². The van der Waals surface area contributed by atoms with Gasteiger partial charge in [0.15, 0.2) is 0 Å². The Morgan fingerprint density at radius 1 is 1.21 bits per heavy atom. The predicted molar refractivity (Wildman–Crippen MR) is 67.5 cm³/mol. The largest absolute Gasteiger partial charge is 0.450 e.